The smallest absolute Gasteiger partial charge is 0.271 e. The number of fused-ring (bicyclic) bond motifs is 1. The number of anilines is 1. The maximum absolute atomic E-state index is 12.6. The van der Waals surface area contributed by atoms with E-state index in [1.165, 1.54) is 12.1 Å². The molecule has 1 amide bonds. The summed E-state index contributed by atoms with van der Waals surface area (Å²) in [5.41, 5.74) is 2.83. The van der Waals surface area contributed by atoms with Gasteiger partial charge in [-0.15, -0.1) is 0 Å². The third-order valence-corrected chi connectivity index (χ3v) is 4.33. The molecule has 1 aliphatic rings. The Morgan fingerprint density at radius 2 is 2.00 bits per heavy atom. The van der Waals surface area contributed by atoms with Crippen molar-refractivity contribution in [2.75, 3.05) is 11.4 Å². The molecule has 0 radical (unpaired) electrons. The van der Waals surface area contributed by atoms with Gasteiger partial charge in [0.1, 0.15) is 0 Å². The highest BCUT2D eigenvalue weighted by molar-refractivity contribution is 5.96. The summed E-state index contributed by atoms with van der Waals surface area (Å²) in [6.45, 7) is 2.62. The second-order valence-corrected chi connectivity index (χ2v) is 5.88. The van der Waals surface area contributed by atoms with Crippen molar-refractivity contribution < 1.29 is 9.72 Å². The molecule has 1 unspecified atom stereocenters. The first kappa shape index (κ1) is 15.2. The van der Waals surface area contributed by atoms with Crippen molar-refractivity contribution in [1.82, 2.24) is 0 Å². The Balaban J connectivity index is 1.78. The number of carbonyl (C=O) groups excluding carboxylic acids is 1. The maximum Gasteiger partial charge on any atom is 0.271 e. The molecule has 1 heterocycles. The SMILES string of the molecule is CC(CC(=O)N1CCc2ccc([N+](=O)[O-])cc21)c1ccccc1. The molecule has 3 rings (SSSR count). The predicted molar refractivity (Wildman–Crippen MR) is 88.6 cm³/mol. The van der Waals surface area contributed by atoms with Crippen molar-refractivity contribution in [3.63, 3.8) is 0 Å². The van der Waals surface area contributed by atoms with Crippen LogP contribution in [0.1, 0.15) is 30.4 Å². The minimum absolute atomic E-state index is 0.0144. The van der Waals surface area contributed by atoms with Crippen LogP contribution in [0.15, 0.2) is 48.5 Å². The number of rotatable bonds is 4. The van der Waals surface area contributed by atoms with Crippen molar-refractivity contribution >= 4 is 17.3 Å². The molecule has 0 aromatic heterocycles. The Morgan fingerprint density at radius 3 is 2.70 bits per heavy atom. The van der Waals surface area contributed by atoms with Crippen LogP contribution in [0.25, 0.3) is 0 Å². The summed E-state index contributed by atoms with van der Waals surface area (Å²) in [6, 6.07) is 14.7. The zero-order valence-corrected chi connectivity index (χ0v) is 12.9. The van der Waals surface area contributed by atoms with Crippen molar-refractivity contribution in [1.29, 1.82) is 0 Å². The number of amides is 1. The van der Waals surface area contributed by atoms with Gasteiger partial charge < -0.3 is 4.90 Å². The highest BCUT2D eigenvalue weighted by Crippen LogP contribution is 2.33. The summed E-state index contributed by atoms with van der Waals surface area (Å²) in [6.07, 6.45) is 1.14. The number of nitrogens with zero attached hydrogens (tertiary/aromatic N) is 2. The normalized spacial score (nSPS) is 14.4. The van der Waals surface area contributed by atoms with Crippen molar-refractivity contribution in [3.8, 4) is 0 Å². The van der Waals surface area contributed by atoms with Crippen molar-refractivity contribution in [2.45, 2.75) is 25.7 Å². The van der Waals surface area contributed by atoms with E-state index >= 15 is 0 Å². The van der Waals surface area contributed by atoms with E-state index in [1.54, 1.807) is 11.0 Å². The van der Waals surface area contributed by atoms with Gasteiger partial charge in [0.15, 0.2) is 0 Å². The molecular formula is C18H18N2O3. The zero-order chi connectivity index (χ0) is 16.4. The topological polar surface area (TPSA) is 63.5 Å². The summed E-state index contributed by atoms with van der Waals surface area (Å²) in [5.74, 6) is 0.132. The lowest BCUT2D eigenvalue weighted by Gasteiger charge is -2.20. The number of hydrogen-bond acceptors (Lipinski definition) is 3. The summed E-state index contributed by atoms with van der Waals surface area (Å²) < 4.78 is 0. The van der Waals surface area contributed by atoms with Gasteiger partial charge in [-0.05, 0) is 23.5 Å². The Morgan fingerprint density at radius 1 is 1.26 bits per heavy atom. The van der Waals surface area contributed by atoms with Gasteiger partial charge in [0.25, 0.3) is 5.69 Å². The van der Waals surface area contributed by atoms with Gasteiger partial charge in [-0.25, -0.2) is 0 Å². The van der Waals surface area contributed by atoms with E-state index in [9.17, 15) is 14.9 Å². The monoisotopic (exact) mass is 310 g/mol. The van der Waals surface area contributed by atoms with Gasteiger partial charge >= 0.3 is 0 Å². The van der Waals surface area contributed by atoms with E-state index in [2.05, 4.69) is 0 Å². The van der Waals surface area contributed by atoms with Gasteiger partial charge in [0.2, 0.25) is 5.91 Å². The van der Waals surface area contributed by atoms with Crippen molar-refractivity contribution in [3.05, 3.63) is 69.8 Å². The molecule has 2 aromatic carbocycles. The van der Waals surface area contributed by atoms with Gasteiger partial charge in [-0.1, -0.05) is 43.3 Å². The Bertz CT molecular complexity index is 743. The molecule has 2 aromatic rings. The molecule has 0 bridgehead atoms. The first-order valence-corrected chi connectivity index (χ1v) is 7.69. The molecule has 5 heteroatoms. The van der Waals surface area contributed by atoms with Crippen molar-refractivity contribution in [2.24, 2.45) is 0 Å². The molecule has 0 N–H and O–H groups in total. The van der Waals surface area contributed by atoms with E-state index in [4.69, 9.17) is 0 Å². The number of nitro benzene ring substituents is 1. The molecule has 1 aliphatic heterocycles. The van der Waals surface area contributed by atoms with Gasteiger partial charge in [-0.2, -0.15) is 0 Å². The third-order valence-electron chi connectivity index (χ3n) is 4.33. The van der Waals surface area contributed by atoms with Gasteiger partial charge in [0.05, 0.1) is 10.6 Å². The molecule has 0 saturated carbocycles. The molecule has 1 atom stereocenters. The molecule has 0 spiro atoms. The Hall–Kier alpha value is -2.69. The van der Waals surface area contributed by atoms with E-state index in [1.807, 2.05) is 37.3 Å². The average molecular weight is 310 g/mol. The summed E-state index contributed by atoms with van der Waals surface area (Å²) in [5, 5.41) is 10.9. The quantitative estimate of drug-likeness (QED) is 0.639. The van der Waals surface area contributed by atoms with Gasteiger partial charge in [-0.3, -0.25) is 14.9 Å². The van der Waals surface area contributed by atoms with Gasteiger partial charge in [0, 0.05) is 25.1 Å². The van der Waals surface area contributed by atoms with Crippen LogP contribution in [-0.4, -0.2) is 17.4 Å². The number of benzene rings is 2. The molecule has 0 fully saturated rings. The largest absolute Gasteiger partial charge is 0.312 e. The predicted octanol–water partition coefficient (Wildman–Crippen LogP) is 3.68. The minimum atomic E-state index is -0.423. The van der Waals surface area contributed by atoms with E-state index in [-0.39, 0.29) is 17.5 Å². The zero-order valence-electron chi connectivity index (χ0n) is 12.9. The Labute approximate surface area is 134 Å². The Kier molecular flexibility index (Phi) is 4.10. The average Bonchev–Trinajstić information content (AvgIpc) is 2.98. The second kappa shape index (κ2) is 6.20. The highest BCUT2D eigenvalue weighted by Gasteiger charge is 2.27. The van der Waals surface area contributed by atoms with Crippen LogP contribution in [-0.2, 0) is 11.2 Å². The van der Waals surface area contributed by atoms with Crippen LogP contribution >= 0.6 is 0 Å². The molecule has 0 aliphatic carbocycles. The number of nitro groups is 1. The van der Waals surface area contributed by atoms with Crippen LogP contribution in [0.4, 0.5) is 11.4 Å². The first-order valence-electron chi connectivity index (χ1n) is 7.69. The molecule has 23 heavy (non-hydrogen) atoms. The van der Waals surface area contributed by atoms with Crippen LogP contribution in [0.2, 0.25) is 0 Å². The third kappa shape index (κ3) is 3.08. The van der Waals surface area contributed by atoms with Crippen LogP contribution in [0.3, 0.4) is 0 Å². The van der Waals surface area contributed by atoms with E-state index in [0.29, 0.717) is 18.7 Å². The van der Waals surface area contributed by atoms with Crippen LogP contribution in [0, 0.1) is 10.1 Å². The van der Waals surface area contributed by atoms with Crippen LogP contribution < -0.4 is 4.90 Å². The fourth-order valence-electron chi connectivity index (χ4n) is 3.01. The second-order valence-electron chi connectivity index (χ2n) is 5.88. The highest BCUT2D eigenvalue weighted by atomic mass is 16.6. The summed E-state index contributed by atoms with van der Waals surface area (Å²) >= 11 is 0. The fraction of sp³-hybridized carbons (Fsp3) is 0.278. The first-order chi connectivity index (χ1) is 11.1. The molecular weight excluding hydrogens is 292 g/mol. The molecule has 0 saturated heterocycles. The summed E-state index contributed by atoms with van der Waals surface area (Å²) in [4.78, 5) is 24.8. The fourth-order valence-corrected chi connectivity index (χ4v) is 3.01. The molecule has 118 valence electrons. The van der Waals surface area contributed by atoms with Crippen LogP contribution in [0.5, 0.6) is 0 Å². The maximum atomic E-state index is 12.6. The summed E-state index contributed by atoms with van der Waals surface area (Å²) in [7, 11) is 0. The molecule has 5 nitrogen and oxygen atoms in total. The lowest BCUT2D eigenvalue weighted by atomic mass is 9.97. The van der Waals surface area contributed by atoms with E-state index in [0.717, 1.165) is 17.5 Å². The van der Waals surface area contributed by atoms with E-state index < -0.39 is 4.92 Å². The standard InChI is InChI=1S/C18H18N2O3/c1-13(14-5-3-2-4-6-14)11-18(21)19-10-9-15-7-8-16(20(22)23)12-17(15)19/h2-8,12-13H,9-11H2,1H3. The number of carbonyl (C=O) groups is 1. The number of hydrogen-bond donors (Lipinski definition) is 0. The minimum Gasteiger partial charge on any atom is -0.312 e. The number of non-ortho nitro benzene ring substituents is 1. The lowest BCUT2D eigenvalue weighted by Crippen LogP contribution is -2.29. The lowest BCUT2D eigenvalue weighted by molar-refractivity contribution is -0.384.